The molecule has 0 unspecified atom stereocenters. The third kappa shape index (κ3) is 2.78. The van der Waals surface area contributed by atoms with Crippen molar-refractivity contribution in [1.82, 2.24) is 4.90 Å². The van der Waals surface area contributed by atoms with Gasteiger partial charge in [0.15, 0.2) is 5.79 Å². The summed E-state index contributed by atoms with van der Waals surface area (Å²) in [6.07, 6.45) is 1.95. The van der Waals surface area contributed by atoms with Crippen LogP contribution in [-0.4, -0.2) is 42.9 Å². The summed E-state index contributed by atoms with van der Waals surface area (Å²) in [6.45, 7) is 2.74. The van der Waals surface area contributed by atoms with Crippen LogP contribution >= 0.6 is 0 Å². The Kier molecular flexibility index (Phi) is 3.63. The lowest BCUT2D eigenvalue weighted by Gasteiger charge is -2.37. The zero-order valence-corrected chi connectivity index (χ0v) is 11.5. The molecule has 0 aromatic heterocycles. The van der Waals surface area contributed by atoms with E-state index in [2.05, 4.69) is 0 Å². The van der Waals surface area contributed by atoms with Crippen molar-refractivity contribution in [1.29, 1.82) is 0 Å². The quantitative estimate of drug-likeness (QED) is 0.824. The molecule has 108 valence electrons. The largest absolute Gasteiger partial charge is 0.399 e. The molecule has 2 N–H and O–H groups in total. The van der Waals surface area contributed by atoms with Gasteiger partial charge in [0.05, 0.1) is 19.6 Å². The van der Waals surface area contributed by atoms with Crippen LogP contribution in [0.5, 0.6) is 0 Å². The van der Waals surface area contributed by atoms with Crippen molar-refractivity contribution < 1.29 is 14.3 Å². The van der Waals surface area contributed by atoms with Crippen molar-refractivity contribution in [2.24, 2.45) is 0 Å². The van der Waals surface area contributed by atoms with E-state index in [-0.39, 0.29) is 5.91 Å². The third-order valence-electron chi connectivity index (χ3n) is 4.03. The Hall–Kier alpha value is -1.59. The molecule has 2 aliphatic heterocycles. The smallest absolute Gasteiger partial charge is 0.226 e. The lowest BCUT2D eigenvalue weighted by Crippen LogP contribution is -2.47. The highest BCUT2D eigenvalue weighted by Crippen LogP contribution is 2.31. The molecule has 0 bridgehead atoms. The van der Waals surface area contributed by atoms with Gasteiger partial charge in [0.25, 0.3) is 0 Å². The summed E-state index contributed by atoms with van der Waals surface area (Å²) in [7, 11) is 0. The predicted octanol–water partition coefficient (Wildman–Crippen LogP) is 1.18. The Labute approximate surface area is 118 Å². The summed E-state index contributed by atoms with van der Waals surface area (Å²) in [5, 5.41) is 0. The fourth-order valence-electron chi connectivity index (χ4n) is 2.80. The fraction of sp³-hybridized carbons (Fsp3) is 0.533. The molecule has 5 heteroatoms. The van der Waals surface area contributed by atoms with Crippen molar-refractivity contribution >= 4 is 11.6 Å². The van der Waals surface area contributed by atoms with Gasteiger partial charge in [-0.15, -0.1) is 0 Å². The SMILES string of the molecule is Nc1ccc(CC(=O)N2CCC3(CC2)OCCO3)cc1. The number of hydrogen-bond donors (Lipinski definition) is 1. The molecule has 20 heavy (non-hydrogen) atoms. The number of nitrogens with two attached hydrogens (primary N) is 1. The van der Waals surface area contributed by atoms with E-state index in [4.69, 9.17) is 15.2 Å². The zero-order chi connectivity index (χ0) is 14.0. The average molecular weight is 276 g/mol. The number of benzene rings is 1. The van der Waals surface area contributed by atoms with Gasteiger partial charge in [0.1, 0.15) is 0 Å². The second-order valence-electron chi connectivity index (χ2n) is 5.41. The molecule has 0 saturated carbocycles. The first-order valence-electron chi connectivity index (χ1n) is 7.07. The minimum atomic E-state index is -0.419. The first-order valence-corrected chi connectivity index (χ1v) is 7.07. The number of hydrogen-bond acceptors (Lipinski definition) is 4. The van der Waals surface area contributed by atoms with Gasteiger partial charge < -0.3 is 20.1 Å². The third-order valence-corrected chi connectivity index (χ3v) is 4.03. The molecular weight excluding hydrogens is 256 g/mol. The van der Waals surface area contributed by atoms with E-state index in [0.29, 0.717) is 32.7 Å². The van der Waals surface area contributed by atoms with E-state index in [1.54, 1.807) is 0 Å². The molecule has 0 aliphatic carbocycles. The highest BCUT2D eigenvalue weighted by molar-refractivity contribution is 5.79. The standard InChI is InChI=1S/C15H20N2O3/c16-13-3-1-12(2-4-13)11-14(18)17-7-5-15(6-8-17)19-9-10-20-15/h1-4H,5-11,16H2. The van der Waals surface area contributed by atoms with Crippen LogP contribution in [0.15, 0.2) is 24.3 Å². The van der Waals surface area contributed by atoms with E-state index in [1.165, 1.54) is 0 Å². The molecule has 2 aliphatic rings. The summed E-state index contributed by atoms with van der Waals surface area (Å²) in [5.41, 5.74) is 7.36. The van der Waals surface area contributed by atoms with Crippen LogP contribution < -0.4 is 5.73 Å². The summed E-state index contributed by atoms with van der Waals surface area (Å²) in [6, 6.07) is 7.46. The molecule has 0 radical (unpaired) electrons. The number of carbonyl (C=O) groups is 1. The van der Waals surface area contributed by atoms with Gasteiger partial charge in [0.2, 0.25) is 5.91 Å². The summed E-state index contributed by atoms with van der Waals surface area (Å²) in [5.74, 6) is -0.263. The van der Waals surface area contributed by atoms with Gasteiger partial charge in [0, 0.05) is 31.6 Å². The van der Waals surface area contributed by atoms with Crippen molar-refractivity contribution in [3.8, 4) is 0 Å². The van der Waals surface area contributed by atoms with Crippen LogP contribution in [0.25, 0.3) is 0 Å². The number of carbonyl (C=O) groups excluding carboxylic acids is 1. The molecule has 5 nitrogen and oxygen atoms in total. The number of anilines is 1. The van der Waals surface area contributed by atoms with Crippen molar-refractivity contribution in [3.63, 3.8) is 0 Å². The molecule has 0 atom stereocenters. The minimum Gasteiger partial charge on any atom is -0.399 e. The second-order valence-corrected chi connectivity index (χ2v) is 5.41. The molecule has 2 fully saturated rings. The van der Waals surface area contributed by atoms with Gasteiger partial charge in [-0.25, -0.2) is 0 Å². The number of ether oxygens (including phenoxy) is 2. The van der Waals surface area contributed by atoms with Crippen LogP contribution in [0, 0.1) is 0 Å². The number of piperidine rings is 1. The lowest BCUT2D eigenvalue weighted by molar-refractivity contribution is -0.187. The normalized spacial score (nSPS) is 21.3. The van der Waals surface area contributed by atoms with E-state index in [9.17, 15) is 4.79 Å². The maximum atomic E-state index is 12.3. The Bertz CT molecular complexity index is 470. The van der Waals surface area contributed by atoms with Gasteiger partial charge >= 0.3 is 0 Å². The fourth-order valence-corrected chi connectivity index (χ4v) is 2.80. The van der Waals surface area contributed by atoms with Crippen molar-refractivity contribution in [3.05, 3.63) is 29.8 Å². The topological polar surface area (TPSA) is 64.8 Å². The Balaban J connectivity index is 1.55. The molecule has 2 saturated heterocycles. The number of rotatable bonds is 2. The Morgan fingerprint density at radius 3 is 2.35 bits per heavy atom. The van der Waals surface area contributed by atoms with Crippen LogP contribution in [0.2, 0.25) is 0 Å². The van der Waals surface area contributed by atoms with Gasteiger partial charge in [-0.2, -0.15) is 0 Å². The highest BCUT2D eigenvalue weighted by Gasteiger charge is 2.40. The monoisotopic (exact) mass is 276 g/mol. The minimum absolute atomic E-state index is 0.155. The number of nitrogens with zero attached hydrogens (tertiary/aromatic N) is 1. The van der Waals surface area contributed by atoms with Crippen molar-refractivity contribution in [2.75, 3.05) is 32.0 Å². The van der Waals surface area contributed by atoms with E-state index < -0.39 is 5.79 Å². The van der Waals surface area contributed by atoms with E-state index >= 15 is 0 Å². The maximum absolute atomic E-state index is 12.3. The first kappa shape index (κ1) is 13.4. The second kappa shape index (κ2) is 5.42. The number of nitrogen functional groups attached to an aromatic ring is 1. The predicted molar refractivity (Wildman–Crippen MR) is 75.0 cm³/mol. The Morgan fingerprint density at radius 2 is 1.75 bits per heavy atom. The van der Waals surface area contributed by atoms with E-state index in [0.717, 1.165) is 24.1 Å². The summed E-state index contributed by atoms with van der Waals surface area (Å²) >= 11 is 0. The lowest BCUT2D eigenvalue weighted by atomic mass is 10.0. The van der Waals surface area contributed by atoms with Gasteiger partial charge in [-0.1, -0.05) is 12.1 Å². The van der Waals surface area contributed by atoms with E-state index in [1.807, 2.05) is 29.2 Å². The molecule has 2 heterocycles. The Morgan fingerprint density at radius 1 is 1.15 bits per heavy atom. The molecule has 1 aromatic carbocycles. The maximum Gasteiger partial charge on any atom is 0.226 e. The molecule has 3 rings (SSSR count). The number of likely N-dealkylation sites (tertiary alicyclic amines) is 1. The highest BCUT2D eigenvalue weighted by atomic mass is 16.7. The average Bonchev–Trinajstić information content (AvgIpc) is 2.90. The zero-order valence-electron chi connectivity index (χ0n) is 11.5. The van der Waals surface area contributed by atoms with Crippen LogP contribution in [0.1, 0.15) is 18.4 Å². The molecule has 1 amide bonds. The summed E-state index contributed by atoms with van der Waals surface area (Å²) < 4.78 is 11.3. The molecule has 1 spiro atoms. The van der Waals surface area contributed by atoms with Crippen molar-refractivity contribution in [2.45, 2.75) is 25.0 Å². The first-order chi connectivity index (χ1) is 9.67. The van der Waals surface area contributed by atoms with Crippen LogP contribution in [0.4, 0.5) is 5.69 Å². The molecular formula is C15H20N2O3. The van der Waals surface area contributed by atoms with Crippen LogP contribution in [0.3, 0.4) is 0 Å². The van der Waals surface area contributed by atoms with Gasteiger partial charge in [-0.05, 0) is 17.7 Å². The molecule has 1 aromatic rings. The number of amides is 1. The summed E-state index contributed by atoms with van der Waals surface area (Å²) in [4.78, 5) is 14.2. The van der Waals surface area contributed by atoms with Crippen LogP contribution in [-0.2, 0) is 20.7 Å². The van der Waals surface area contributed by atoms with Gasteiger partial charge in [-0.3, -0.25) is 4.79 Å².